The summed E-state index contributed by atoms with van der Waals surface area (Å²) in [6, 6.07) is 23.5. The highest BCUT2D eigenvalue weighted by atomic mass is 35.5. The lowest BCUT2D eigenvalue weighted by Crippen LogP contribution is -2.20. The molecule has 0 aromatic heterocycles. The normalized spacial score (nSPS) is 12.7. The second-order valence-corrected chi connectivity index (χ2v) is 8.70. The van der Waals surface area contributed by atoms with Gasteiger partial charge in [0.2, 0.25) is 0 Å². The van der Waals surface area contributed by atoms with E-state index in [2.05, 4.69) is 9.93 Å². The van der Waals surface area contributed by atoms with E-state index in [1.165, 1.54) is 0 Å². The molecule has 0 saturated heterocycles. The van der Waals surface area contributed by atoms with Gasteiger partial charge in [0.25, 0.3) is 10.0 Å². The number of nitrogens with zero attached hydrogens (tertiary/aromatic N) is 1. The highest BCUT2D eigenvalue weighted by Gasteiger charge is 2.13. The van der Waals surface area contributed by atoms with Crippen molar-refractivity contribution in [1.29, 1.82) is 0 Å². The van der Waals surface area contributed by atoms with E-state index >= 15 is 0 Å². The zero-order valence-electron chi connectivity index (χ0n) is 16.1. The average molecular weight is 425 g/mol. The van der Waals surface area contributed by atoms with E-state index in [4.69, 9.17) is 11.6 Å². The molecule has 0 aliphatic carbocycles. The van der Waals surface area contributed by atoms with Gasteiger partial charge in [0.1, 0.15) is 0 Å². The fourth-order valence-corrected chi connectivity index (χ4v) is 3.61. The van der Waals surface area contributed by atoms with Gasteiger partial charge in [-0.15, -0.1) is 0 Å². The van der Waals surface area contributed by atoms with E-state index in [0.29, 0.717) is 10.7 Å². The van der Waals surface area contributed by atoms with Crippen molar-refractivity contribution in [3.05, 3.63) is 107 Å². The fourth-order valence-electron chi connectivity index (χ4n) is 2.67. The van der Waals surface area contributed by atoms with Crippen LogP contribution < -0.4 is 4.83 Å². The molecule has 0 aliphatic rings. The zero-order valence-corrected chi connectivity index (χ0v) is 17.7. The number of benzene rings is 3. The van der Waals surface area contributed by atoms with Gasteiger partial charge < -0.3 is 0 Å². The van der Waals surface area contributed by atoms with Crippen LogP contribution in [0.1, 0.15) is 23.6 Å². The molecule has 0 spiro atoms. The monoisotopic (exact) mass is 424 g/mol. The molecule has 0 amide bonds. The topological polar surface area (TPSA) is 58.5 Å². The van der Waals surface area contributed by atoms with Crippen LogP contribution in [0, 0.1) is 6.92 Å². The summed E-state index contributed by atoms with van der Waals surface area (Å²) in [5.41, 5.74) is 4.19. The summed E-state index contributed by atoms with van der Waals surface area (Å²) >= 11 is 5.99. The minimum Gasteiger partial charge on any atom is -0.200 e. The van der Waals surface area contributed by atoms with E-state index in [1.54, 1.807) is 48.5 Å². The summed E-state index contributed by atoms with van der Waals surface area (Å²) in [6.07, 6.45) is 1.84. The smallest absolute Gasteiger partial charge is 0.200 e. The van der Waals surface area contributed by atoms with E-state index < -0.39 is 10.0 Å². The van der Waals surface area contributed by atoms with Crippen LogP contribution in [0.5, 0.6) is 0 Å². The number of hydrogen-bond donors (Lipinski definition) is 1. The van der Waals surface area contributed by atoms with Crippen LogP contribution in [-0.4, -0.2) is 14.1 Å². The first-order chi connectivity index (χ1) is 13.8. The Kier molecular flexibility index (Phi) is 6.52. The van der Waals surface area contributed by atoms with Crippen molar-refractivity contribution in [3.8, 4) is 0 Å². The largest absolute Gasteiger partial charge is 0.276 e. The Bertz CT molecular complexity index is 1140. The molecule has 0 heterocycles. The van der Waals surface area contributed by atoms with Gasteiger partial charge in [-0.3, -0.25) is 0 Å². The third kappa shape index (κ3) is 5.56. The Morgan fingerprint density at radius 1 is 0.897 bits per heavy atom. The average Bonchev–Trinajstić information content (AvgIpc) is 2.72. The summed E-state index contributed by atoms with van der Waals surface area (Å²) in [7, 11) is -3.78. The summed E-state index contributed by atoms with van der Waals surface area (Å²) in [5, 5.41) is 4.81. The Morgan fingerprint density at radius 2 is 1.52 bits per heavy atom. The molecule has 3 rings (SSSR count). The minimum atomic E-state index is -3.78. The summed E-state index contributed by atoms with van der Waals surface area (Å²) in [5.74, 6) is 0. The van der Waals surface area contributed by atoms with Crippen molar-refractivity contribution in [3.63, 3.8) is 0 Å². The van der Waals surface area contributed by atoms with Crippen LogP contribution in [0.15, 0.2) is 94.9 Å². The fraction of sp³-hybridized carbons (Fsp3) is 0.0870. The third-order valence-electron chi connectivity index (χ3n) is 4.34. The second-order valence-electron chi connectivity index (χ2n) is 6.61. The Labute approximate surface area is 176 Å². The van der Waals surface area contributed by atoms with Crippen LogP contribution in [0.2, 0.25) is 5.02 Å². The number of halogens is 1. The van der Waals surface area contributed by atoms with E-state index in [0.717, 1.165) is 22.3 Å². The molecule has 1 N–H and O–H groups in total. The highest BCUT2D eigenvalue weighted by Crippen LogP contribution is 2.17. The first-order valence-corrected chi connectivity index (χ1v) is 10.9. The van der Waals surface area contributed by atoms with Gasteiger partial charge in [-0.25, -0.2) is 0 Å². The van der Waals surface area contributed by atoms with E-state index in [1.807, 2.05) is 50.3 Å². The van der Waals surface area contributed by atoms with Crippen molar-refractivity contribution in [2.24, 2.45) is 5.10 Å². The predicted molar refractivity (Wildman–Crippen MR) is 120 cm³/mol. The second kappa shape index (κ2) is 9.07. The van der Waals surface area contributed by atoms with Crippen molar-refractivity contribution in [2.75, 3.05) is 0 Å². The maximum Gasteiger partial charge on any atom is 0.276 e. The van der Waals surface area contributed by atoms with Gasteiger partial charge in [-0.2, -0.15) is 18.4 Å². The lowest BCUT2D eigenvalue weighted by molar-refractivity contribution is 0.584. The molecular weight excluding hydrogens is 404 g/mol. The minimum absolute atomic E-state index is 0.158. The molecule has 4 nitrogen and oxygen atoms in total. The van der Waals surface area contributed by atoms with Crippen molar-refractivity contribution in [1.82, 2.24) is 4.83 Å². The molecule has 0 bridgehead atoms. The summed E-state index contributed by atoms with van der Waals surface area (Å²) in [6.45, 7) is 3.85. The van der Waals surface area contributed by atoms with Crippen LogP contribution in [0.3, 0.4) is 0 Å². The van der Waals surface area contributed by atoms with E-state index in [9.17, 15) is 8.42 Å². The van der Waals surface area contributed by atoms with Crippen molar-refractivity contribution >= 4 is 32.9 Å². The van der Waals surface area contributed by atoms with Gasteiger partial charge in [0.15, 0.2) is 0 Å². The molecule has 29 heavy (non-hydrogen) atoms. The number of rotatable bonds is 6. The molecule has 6 heteroatoms. The van der Waals surface area contributed by atoms with Gasteiger partial charge in [0, 0.05) is 10.6 Å². The number of allylic oxidation sites excluding steroid dienone is 2. The summed E-state index contributed by atoms with van der Waals surface area (Å²) < 4.78 is 25.3. The number of hydrogen-bond acceptors (Lipinski definition) is 3. The quantitative estimate of drug-likeness (QED) is 0.423. The maximum absolute atomic E-state index is 12.6. The molecule has 0 saturated carbocycles. The molecule has 0 atom stereocenters. The molecule has 0 unspecified atom stereocenters. The first kappa shape index (κ1) is 20.8. The zero-order chi connectivity index (χ0) is 20.9. The Morgan fingerprint density at radius 3 is 2.14 bits per heavy atom. The van der Waals surface area contributed by atoms with Gasteiger partial charge in [0.05, 0.1) is 10.6 Å². The number of nitrogens with one attached hydrogen (secondary N) is 1. The van der Waals surface area contributed by atoms with Crippen molar-refractivity contribution < 1.29 is 8.42 Å². The highest BCUT2D eigenvalue weighted by molar-refractivity contribution is 7.89. The number of sulfonamides is 1. The SMILES string of the molecule is C/C(=C\C(=N/NS(=O)(=O)c1ccc(C)cc1)c1ccc(Cl)cc1)c1ccccc1. The molecule has 3 aromatic carbocycles. The lowest BCUT2D eigenvalue weighted by atomic mass is 10.0. The predicted octanol–water partition coefficient (Wildman–Crippen LogP) is 5.43. The van der Waals surface area contributed by atoms with Crippen LogP contribution in [0.4, 0.5) is 0 Å². The first-order valence-electron chi connectivity index (χ1n) is 9.01. The Balaban J connectivity index is 1.98. The van der Waals surface area contributed by atoms with Crippen LogP contribution in [-0.2, 0) is 10.0 Å². The molecule has 0 aliphatic heterocycles. The molecule has 148 valence electrons. The molecule has 3 aromatic rings. The van der Waals surface area contributed by atoms with Crippen molar-refractivity contribution in [2.45, 2.75) is 18.7 Å². The molecular formula is C23H21ClN2O2S. The molecule has 0 fully saturated rings. The number of aryl methyl sites for hydroxylation is 1. The Hall–Kier alpha value is -2.89. The summed E-state index contributed by atoms with van der Waals surface area (Å²) in [4.78, 5) is 2.51. The standard InChI is InChI=1S/C23H21ClN2O2S/c1-17-8-14-22(15-9-17)29(27,28)26-25-23(20-10-12-21(24)13-11-20)16-18(2)19-6-4-3-5-7-19/h3-16,26H,1-2H3/b18-16+,25-23+. The van der Waals surface area contributed by atoms with E-state index in [-0.39, 0.29) is 4.90 Å². The van der Waals surface area contributed by atoms with Gasteiger partial charge in [-0.1, -0.05) is 71.8 Å². The number of hydrazone groups is 1. The van der Waals surface area contributed by atoms with Crippen LogP contribution in [0.25, 0.3) is 5.57 Å². The lowest BCUT2D eigenvalue weighted by Gasteiger charge is -2.08. The third-order valence-corrected chi connectivity index (χ3v) is 5.82. The van der Waals surface area contributed by atoms with Gasteiger partial charge >= 0.3 is 0 Å². The van der Waals surface area contributed by atoms with Gasteiger partial charge in [-0.05, 0) is 55.3 Å². The maximum atomic E-state index is 12.6. The molecule has 0 radical (unpaired) electrons. The van der Waals surface area contributed by atoms with Crippen LogP contribution >= 0.6 is 11.6 Å².